The third kappa shape index (κ3) is 4.96. The van der Waals surface area contributed by atoms with Crippen LogP contribution < -0.4 is 15.4 Å². The maximum atomic E-state index is 12.2. The maximum absolute atomic E-state index is 12.2. The number of ether oxygens (including phenoxy) is 1. The highest BCUT2D eigenvalue weighted by Crippen LogP contribution is 2.25. The molecule has 0 bridgehead atoms. The molecular formula is C21H24N2O3. The van der Waals surface area contributed by atoms with Gasteiger partial charge in [0, 0.05) is 18.7 Å². The highest BCUT2D eigenvalue weighted by Gasteiger charge is 2.10. The average molecular weight is 352 g/mol. The zero-order valence-electron chi connectivity index (χ0n) is 15.5. The van der Waals surface area contributed by atoms with Gasteiger partial charge in [0.25, 0.3) is 5.91 Å². The lowest BCUT2D eigenvalue weighted by atomic mass is 10.0. The van der Waals surface area contributed by atoms with E-state index in [0.29, 0.717) is 22.9 Å². The molecule has 0 fully saturated rings. The number of hydrogen-bond acceptors (Lipinski definition) is 3. The first-order chi connectivity index (χ1) is 12.4. The Labute approximate surface area is 154 Å². The fourth-order valence-corrected chi connectivity index (χ4v) is 2.42. The van der Waals surface area contributed by atoms with Gasteiger partial charge >= 0.3 is 0 Å². The van der Waals surface area contributed by atoms with E-state index in [-0.39, 0.29) is 11.8 Å². The Bertz CT molecular complexity index is 809. The van der Waals surface area contributed by atoms with Crippen molar-refractivity contribution < 1.29 is 14.3 Å². The normalized spacial score (nSPS) is 10.8. The predicted molar refractivity (Wildman–Crippen MR) is 105 cm³/mol. The minimum atomic E-state index is -0.274. The molecule has 0 atom stereocenters. The van der Waals surface area contributed by atoms with Crippen LogP contribution in [0.1, 0.15) is 41.3 Å². The van der Waals surface area contributed by atoms with Crippen LogP contribution in [0, 0.1) is 0 Å². The van der Waals surface area contributed by atoms with E-state index in [9.17, 15) is 9.59 Å². The first-order valence-corrected chi connectivity index (χ1v) is 8.43. The Morgan fingerprint density at radius 1 is 1.08 bits per heavy atom. The van der Waals surface area contributed by atoms with Crippen LogP contribution in [0.3, 0.4) is 0 Å². The number of rotatable bonds is 6. The molecular weight excluding hydrogens is 328 g/mol. The number of carbonyl (C=O) groups is 2. The molecule has 0 spiro atoms. The molecule has 2 amide bonds. The zero-order chi connectivity index (χ0) is 19.1. The Hall–Kier alpha value is -3.08. The fraction of sp³-hybridized carbons (Fsp3) is 0.238. The third-order valence-electron chi connectivity index (χ3n) is 3.98. The molecule has 0 aromatic heterocycles. The molecule has 5 heteroatoms. The molecule has 26 heavy (non-hydrogen) atoms. The summed E-state index contributed by atoms with van der Waals surface area (Å²) >= 11 is 0. The SMILES string of the molecule is CNC(=O)c1ccc(NC(=O)/C=C/c2ccc(C(C)C)cc2)c(OC)c1. The first-order valence-electron chi connectivity index (χ1n) is 8.43. The molecule has 0 saturated carbocycles. The molecule has 0 aliphatic carbocycles. The Kier molecular flexibility index (Phi) is 6.55. The second-order valence-corrected chi connectivity index (χ2v) is 6.14. The van der Waals surface area contributed by atoms with Crippen molar-refractivity contribution in [2.75, 3.05) is 19.5 Å². The molecule has 2 aromatic carbocycles. The van der Waals surface area contributed by atoms with E-state index in [4.69, 9.17) is 4.74 Å². The van der Waals surface area contributed by atoms with Crippen LogP contribution >= 0.6 is 0 Å². The summed E-state index contributed by atoms with van der Waals surface area (Å²) in [4.78, 5) is 23.8. The highest BCUT2D eigenvalue weighted by molar-refractivity contribution is 6.03. The number of carbonyl (C=O) groups excluding carboxylic acids is 2. The quantitative estimate of drug-likeness (QED) is 0.777. The van der Waals surface area contributed by atoms with Crippen LogP contribution in [0.15, 0.2) is 48.5 Å². The molecule has 0 aliphatic rings. The van der Waals surface area contributed by atoms with Crippen molar-refractivity contribution in [1.29, 1.82) is 0 Å². The molecule has 0 heterocycles. The molecule has 136 valence electrons. The smallest absolute Gasteiger partial charge is 0.251 e. The lowest BCUT2D eigenvalue weighted by molar-refractivity contribution is -0.111. The lowest BCUT2D eigenvalue weighted by Crippen LogP contribution is -2.18. The van der Waals surface area contributed by atoms with E-state index in [1.54, 1.807) is 31.3 Å². The molecule has 2 aromatic rings. The Morgan fingerprint density at radius 3 is 2.35 bits per heavy atom. The minimum absolute atomic E-state index is 0.217. The van der Waals surface area contributed by atoms with Gasteiger partial charge in [0.2, 0.25) is 5.91 Å². The average Bonchev–Trinajstić information content (AvgIpc) is 2.66. The molecule has 0 unspecified atom stereocenters. The van der Waals surface area contributed by atoms with Crippen molar-refractivity contribution in [3.8, 4) is 5.75 Å². The molecule has 2 N–H and O–H groups in total. The van der Waals surface area contributed by atoms with Gasteiger partial charge in [-0.25, -0.2) is 0 Å². The summed E-state index contributed by atoms with van der Waals surface area (Å²) in [5.74, 6) is 0.408. The topological polar surface area (TPSA) is 67.4 Å². The number of anilines is 1. The van der Waals surface area contributed by atoms with Crippen LogP contribution in [0.5, 0.6) is 5.75 Å². The summed E-state index contributed by atoms with van der Waals surface area (Å²) in [7, 11) is 3.05. The van der Waals surface area contributed by atoms with Gasteiger partial charge < -0.3 is 15.4 Å². The summed E-state index contributed by atoms with van der Waals surface area (Å²) in [6, 6.07) is 12.9. The Morgan fingerprint density at radius 2 is 1.77 bits per heavy atom. The van der Waals surface area contributed by atoms with E-state index in [2.05, 4.69) is 36.6 Å². The number of nitrogens with one attached hydrogen (secondary N) is 2. The largest absolute Gasteiger partial charge is 0.495 e. The van der Waals surface area contributed by atoms with Gasteiger partial charge in [-0.15, -0.1) is 0 Å². The van der Waals surface area contributed by atoms with Crippen LogP contribution in [0.2, 0.25) is 0 Å². The summed E-state index contributed by atoms with van der Waals surface area (Å²) in [6.07, 6.45) is 3.22. The molecule has 0 radical (unpaired) electrons. The van der Waals surface area contributed by atoms with Crippen LogP contribution in [-0.4, -0.2) is 26.0 Å². The Balaban J connectivity index is 2.08. The summed E-state index contributed by atoms with van der Waals surface area (Å²) < 4.78 is 5.26. The molecule has 0 aliphatic heterocycles. The second-order valence-electron chi connectivity index (χ2n) is 6.14. The van der Waals surface area contributed by atoms with Crippen molar-refractivity contribution in [2.45, 2.75) is 19.8 Å². The van der Waals surface area contributed by atoms with E-state index < -0.39 is 0 Å². The van der Waals surface area contributed by atoms with Crippen LogP contribution in [0.4, 0.5) is 5.69 Å². The van der Waals surface area contributed by atoms with Gasteiger partial charge in [0.15, 0.2) is 0 Å². The van der Waals surface area contributed by atoms with Crippen LogP contribution in [-0.2, 0) is 4.79 Å². The van der Waals surface area contributed by atoms with Crippen molar-refractivity contribution >= 4 is 23.6 Å². The van der Waals surface area contributed by atoms with Crippen molar-refractivity contribution in [1.82, 2.24) is 5.32 Å². The first kappa shape index (κ1) is 19.2. The molecule has 5 nitrogen and oxygen atoms in total. The van der Waals surface area contributed by atoms with Gasteiger partial charge in [0.05, 0.1) is 12.8 Å². The standard InChI is InChI=1S/C21H24N2O3/c1-14(2)16-8-5-15(6-9-16)7-12-20(24)23-18-11-10-17(21(25)22-3)13-19(18)26-4/h5-14H,1-4H3,(H,22,25)(H,23,24)/b12-7+. The molecule has 2 rings (SSSR count). The minimum Gasteiger partial charge on any atom is -0.495 e. The number of methoxy groups -OCH3 is 1. The summed E-state index contributed by atoms with van der Waals surface area (Å²) in [6.45, 7) is 4.28. The van der Waals surface area contributed by atoms with Gasteiger partial charge in [-0.2, -0.15) is 0 Å². The summed E-state index contributed by atoms with van der Waals surface area (Å²) in [5, 5.41) is 5.31. The van der Waals surface area contributed by atoms with Crippen molar-refractivity contribution in [2.24, 2.45) is 0 Å². The van der Waals surface area contributed by atoms with E-state index >= 15 is 0 Å². The van der Waals surface area contributed by atoms with Gasteiger partial charge in [-0.1, -0.05) is 38.1 Å². The van der Waals surface area contributed by atoms with Gasteiger partial charge in [-0.05, 0) is 41.3 Å². The van der Waals surface area contributed by atoms with Crippen LogP contribution in [0.25, 0.3) is 6.08 Å². The highest BCUT2D eigenvalue weighted by atomic mass is 16.5. The zero-order valence-corrected chi connectivity index (χ0v) is 15.5. The molecule has 0 saturated heterocycles. The van der Waals surface area contributed by atoms with Crippen molar-refractivity contribution in [3.05, 3.63) is 65.2 Å². The number of amides is 2. The monoisotopic (exact) mass is 352 g/mol. The summed E-state index contributed by atoms with van der Waals surface area (Å²) in [5.41, 5.74) is 3.17. The van der Waals surface area contributed by atoms with Gasteiger partial charge in [-0.3, -0.25) is 9.59 Å². The van der Waals surface area contributed by atoms with Crippen molar-refractivity contribution in [3.63, 3.8) is 0 Å². The van der Waals surface area contributed by atoms with E-state index in [1.165, 1.54) is 18.7 Å². The van der Waals surface area contributed by atoms with E-state index in [1.807, 2.05) is 12.1 Å². The number of hydrogen-bond donors (Lipinski definition) is 2. The second kappa shape index (κ2) is 8.85. The third-order valence-corrected chi connectivity index (χ3v) is 3.98. The van der Waals surface area contributed by atoms with E-state index in [0.717, 1.165) is 5.56 Å². The fourth-order valence-electron chi connectivity index (χ4n) is 2.42. The maximum Gasteiger partial charge on any atom is 0.251 e. The van der Waals surface area contributed by atoms with Gasteiger partial charge in [0.1, 0.15) is 5.75 Å². The lowest BCUT2D eigenvalue weighted by Gasteiger charge is -2.10. The number of benzene rings is 2. The predicted octanol–water partition coefficient (Wildman–Crippen LogP) is 3.83.